The molecule has 11 nitrogen and oxygen atoms in total. The number of hydrogen-bond donors (Lipinski definition) is 3. The van der Waals surface area contributed by atoms with Crippen molar-refractivity contribution in [1.82, 2.24) is 25.2 Å². The summed E-state index contributed by atoms with van der Waals surface area (Å²) in [6, 6.07) is 8.17. The first-order valence-corrected chi connectivity index (χ1v) is 11.3. The number of carboxylic acid groups (broad SMARTS) is 1. The van der Waals surface area contributed by atoms with Crippen molar-refractivity contribution in [2.45, 2.75) is 20.8 Å². The van der Waals surface area contributed by atoms with E-state index in [0.29, 0.717) is 15.7 Å². The molecule has 2 aromatic heterocycles. The lowest BCUT2D eigenvalue weighted by Crippen LogP contribution is -2.45. The summed E-state index contributed by atoms with van der Waals surface area (Å²) in [5.74, 6) is -1.16. The lowest BCUT2D eigenvalue weighted by Gasteiger charge is -2.23. The van der Waals surface area contributed by atoms with Crippen molar-refractivity contribution in [3.8, 4) is 11.9 Å². The molecular formula is C22H19BrClN7O4. The number of nitriles is 1. The number of carbonyl (C=O) groups is 3. The predicted octanol–water partition coefficient (Wildman–Crippen LogP) is 4.07. The van der Waals surface area contributed by atoms with Gasteiger partial charge in [-0.15, -0.1) is 0 Å². The molecule has 0 saturated heterocycles. The van der Waals surface area contributed by atoms with Gasteiger partial charge in [0.05, 0.1) is 27.9 Å². The van der Waals surface area contributed by atoms with Gasteiger partial charge in [0.15, 0.2) is 5.82 Å². The summed E-state index contributed by atoms with van der Waals surface area (Å²) in [6.45, 7) is 4.84. The second-order valence-electron chi connectivity index (χ2n) is 7.22. The summed E-state index contributed by atoms with van der Waals surface area (Å²) < 4.78 is 1.57. The van der Waals surface area contributed by atoms with E-state index >= 15 is 0 Å². The van der Waals surface area contributed by atoms with Crippen LogP contribution in [0.5, 0.6) is 0 Å². The molecule has 0 aliphatic heterocycles. The van der Waals surface area contributed by atoms with Gasteiger partial charge < -0.3 is 10.4 Å². The number of anilines is 1. The highest BCUT2D eigenvalue weighted by Crippen LogP contribution is 2.29. The molecule has 13 heteroatoms. The van der Waals surface area contributed by atoms with Crippen LogP contribution in [-0.2, 0) is 0 Å². The first kappa shape index (κ1) is 25.7. The van der Waals surface area contributed by atoms with Crippen LogP contribution in [0.3, 0.4) is 0 Å². The van der Waals surface area contributed by atoms with Gasteiger partial charge in [0.1, 0.15) is 10.3 Å². The Balaban J connectivity index is 2.12. The number of pyridine rings is 1. The molecule has 0 fully saturated rings. The SMILES string of the molecule is CCN(NC(=O)O)C(=O)c1cc(C)c(C#N)c(C)c1NC(=O)c1cc(Br)nn1-c1ncccc1Cl. The summed E-state index contributed by atoms with van der Waals surface area (Å²) in [5, 5.41) is 26.7. The van der Waals surface area contributed by atoms with Crippen molar-refractivity contribution in [2.75, 3.05) is 11.9 Å². The van der Waals surface area contributed by atoms with E-state index in [1.807, 2.05) is 5.43 Å². The lowest BCUT2D eigenvalue weighted by atomic mass is 9.96. The van der Waals surface area contributed by atoms with Crippen LogP contribution in [0.1, 0.15) is 44.5 Å². The van der Waals surface area contributed by atoms with Gasteiger partial charge >= 0.3 is 6.09 Å². The van der Waals surface area contributed by atoms with Gasteiger partial charge in [-0.05, 0) is 66.0 Å². The average Bonchev–Trinajstić information content (AvgIpc) is 3.20. The number of aryl methyl sites for hydroxylation is 1. The van der Waals surface area contributed by atoms with Gasteiger partial charge in [-0.1, -0.05) is 11.6 Å². The van der Waals surface area contributed by atoms with Crippen LogP contribution in [-0.4, -0.2) is 49.3 Å². The molecule has 1 aromatic carbocycles. The molecule has 180 valence electrons. The number of nitrogens with one attached hydrogen (secondary N) is 2. The smallest absolute Gasteiger partial charge is 0.423 e. The number of halogens is 2. The minimum atomic E-state index is -1.42. The van der Waals surface area contributed by atoms with Crippen molar-refractivity contribution in [3.63, 3.8) is 0 Å². The minimum absolute atomic E-state index is 0.00366. The molecule has 3 rings (SSSR count). The van der Waals surface area contributed by atoms with Gasteiger partial charge in [-0.25, -0.2) is 24.9 Å². The van der Waals surface area contributed by atoms with Crippen molar-refractivity contribution in [3.05, 3.63) is 68.0 Å². The summed E-state index contributed by atoms with van der Waals surface area (Å²) in [6.07, 6.45) is 0.0711. The largest absolute Gasteiger partial charge is 0.464 e. The zero-order valence-corrected chi connectivity index (χ0v) is 21.1. The van der Waals surface area contributed by atoms with E-state index < -0.39 is 17.9 Å². The van der Waals surface area contributed by atoms with Gasteiger partial charge in [-0.2, -0.15) is 10.4 Å². The highest BCUT2D eigenvalue weighted by Gasteiger charge is 2.26. The maximum absolute atomic E-state index is 13.4. The first-order valence-electron chi connectivity index (χ1n) is 10.1. The summed E-state index contributed by atoms with van der Waals surface area (Å²) in [4.78, 5) is 41.9. The van der Waals surface area contributed by atoms with E-state index in [1.54, 1.807) is 32.9 Å². The second kappa shape index (κ2) is 10.5. The Morgan fingerprint density at radius 3 is 2.63 bits per heavy atom. The zero-order chi connectivity index (χ0) is 25.9. The maximum atomic E-state index is 13.4. The molecule has 0 unspecified atom stereocenters. The van der Waals surface area contributed by atoms with Crippen LogP contribution in [0, 0.1) is 25.2 Å². The number of hydrazine groups is 1. The van der Waals surface area contributed by atoms with E-state index in [9.17, 15) is 19.6 Å². The van der Waals surface area contributed by atoms with Gasteiger partial charge in [0.25, 0.3) is 11.8 Å². The molecule has 0 bridgehead atoms. The molecule has 0 aliphatic rings. The quantitative estimate of drug-likeness (QED) is 0.398. The highest BCUT2D eigenvalue weighted by atomic mass is 79.9. The van der Waals surface area contributed by atoms with E-state index in [2.05, 4.69) is 37.4 Å². The minimum Gasteiger partial charge on any atom is -0.464 e. The van der Waals surface area contributed by atoms with Crippen molar-refractivity contribution in [2.24, 2.45) is 0 Å². The summed E-state index contributed by atoms with van der Waals surface area (Å²) in [5.41, 5.74) is 3.24. The Morgan fingerprint density at radius 2 is 2.03 bits per heavy atom. The topological polar surface area (TPSA) is 153 Å². The highest BCUT2D eigenvalue weighted by molar-refractivity contribution is 9.10. The molecule has 0 aliphatic carbocycles. The third-order valence-corrected chi connectivity index (χ3v) is 5.68. The molecular weight excluding hydrogens is 542 g/mol. The maximum Gasteiger partial charge on any atom is 0.423 e. The number of nitrogens with zero attached hydrogens (tertiary/aromatic N) is 5. The van der Waals surface area contributed by atoms with E-state index in [4.69, 9.17) is 16.7 Å². The zero-order valence-electron chi connectivity index (χ0n) is 18.8. The fourth-order valence-corrected chi connectivity index (χ4v) is 3.98. The first-order chi connectivity index (χ1) is 16.6. The Morgan fingerprint density at radius 1 is 1.31 bits per heavy atom. The Labute approximate surface area is 213 Å². The van der Waals surface area contributed by atoms with Gasteiger partial charge in [-0.3, -0.25) is 9.59 Å². The van der Waals surface area contributed by atoms with E-state index in [1.165, 1.54) is 23.0 Å². The molecule has 35 heavy (non-hydrogen) atoms. The van der Waals surface area contributed by atoms with Crippen LogP contribution in [0.4, 0.5) is 10.5 Å². The fraction of sp³-hybridized carbons (Fsp3) is 0.182. The van der Waals surface area contributed by atoms with Crippen LogP contribution in [0.25, 0.3) is 5.82 Å². The number of benzene rings is 1. The molecule has 2 heterocycles. The third kappa shape index (κ3) is 5.26. The number of rotatable bonds is 5. The number of aromatic nitrogens is 3. The average molecular weight is 561 g/mol. The normalized spacial score (nSPS) is 10.4. The molecule has 3 N–H and O–H groups in total. The van der Waals surface area contributed by atoms with Crippen molar-refractivity contribution >= 4 is 51.1 Å². The Kier molecular flexibility index (Phi) is 7.73. The second-order valence-corrected chi connectivity index (χ2v) is 8.44. The number of hydrogen-bond acceptors (Lipinski definition) is 6. The molecule has 3 amide bonds. The third-order valence-electron chi connectivity index (χ3n) is 5.00. The van der Waals surface area contributed by atoms with Crippen LogP contribution in [0.2, 0.25) is 5.02 Å². The molecule has 0 atom stereocenters. The Hall–Kier alpha value is -3.95. The molecule has 3 aromatic rings. The summed E-state index contributed by atoms with van der Waals surface area (Å²) in [7, 11) is 0. The Bertz CT molecular complexity index is 1380. The predicted molar refractivity (Wildman–Crippen MR) is 131 cm³/mol. The monoisotopic (exact) mass is 559 g/mol. The van der Waals surface area contributed by atoms with Gasteiger partial charge in [0, 0.05) is 18.8 Å². The molecule has 0 saturated carbocycles. The number of carbonyl (C=O) groups excluding carboxylic acids is 2. The standard InChI is InChI=1S/C22H19BrClN7O4/c1-4-30(29-22(34)35)21(33)13-8-11(2)14(10-25)12(3)18(13)27-20(32)16-9-17(23)28-31(16)19-15(24)6-5-7-26-19/h5-9,29H,4H2,1-3H3,(H,27,32)(H,34,35). The van der Waals surface area contributed by atoms with Crippen LogP contribution >= 0.6 is 27.5 Å². The molecule has 0 radical (unpaired) electrons. The van der Waals surface area contributed by atoms with Gasteiger partial charge in [0.2, 0.25) is 0 Å². The van der Waals surface area contributed by atoms with E-state index in [0.717, 1.165) is 5.01 Å². The van der Waals surface area contributed by atoms with Crippen molar-refractivity contribution in [1.29, 1.82) is 5.26 Å². The van der Waals surface area contributed by atoms with Crippen LogP contribution < -0.4 is 10.7 Å². The number of amides is 3. The fourth-order valence-electron chi connectivity index (χ4n) is 3.41. The lowest BCUT2D eigenvalue weighted by molar-refractivity contribution is 0.0661. The summed E-state index contributed by atoms with van der Waals surface area (Å²) >= 11 is 9.48. The molecule has 0 spiro atoms. The van der Waals surface area contributed by atoms with E-state index in [-0.39, 0.29) is 39.9 Å². The van der Waals surface area contributed by atoms with Crippen molar-refractivity contribution < 1.29 is 19.5 Å². The van der Waals surface area contributed by atoms with Crippen LogP contribution in [0.15, 0.2) is 35.1 Å².